The maximum absolute atomic E-state index is 12.8. The molecule has 0 aliphatic heterocycles. The second-order valence-electron chi connectivity index (χ2n) is 2.67. The molecule has 0 radical (unpaired) electrons. The van der Waals surface area contributed by atoms with Crippen molar-refractivity contribution in [1.29, 1.82) is 0 Å². The first-order valence-corrected chi connectivity index (χ1v) is 4.02. The lowest BCUT2D eigenvalue weighted by Gasteiger charge is -2.01. The van der Waals surface area contributed by atoms with Gasteiger partial charge in [-0.3, -0.25) is 0 Å². The van der Waals surface area contributed by atoms with Crippen LogP contribution in [0.4, 0.5) is 4.39 Å². The molecule has 0 rings (SSSR count). The van der Waals surface area contributed by atoms with Crippen LogP contribution in [0.15, 0.2) is 11.6 Å². The van der Waals surface area contributed by atoms with Crippen molar-refractivity contribution in [2.75, 3.05) is 0 Å². The van der Waals surface area contributed by atoms with Gasteiger partial charge in [-0.25, -0.2) is 4.39 Å². The Bertz CT molecular complexity index is 105. The quantitative estimate of drug-likeness (QED) is 0.530. The summed E-state index contributed by atoms with van der Waals surface area (Å²) in [7, 11) is 0. The molecule has 0 bridgehead atoms. The van der Waals surface area contributed by atoms with Gasteiger partial charge < -0.3 is 0 Å². The Morgan fingerprint density at radius 3 is 2.50 bits per heavy atom. The Morgan fingerprint density at radius 1 is 1.50 bits per heavy atom. The zero-order valence-electron chi connectivity index (χ0n) is 7.15. The minimum absolute atomic E-state index is 0.664. The third kappa shape index (κ3) is 4.54. The summed E-state index contributed by atoms with van der Waals surface area (Å²) in [4.78, 5) is 0. The third-order valence-corrected chi connectivity index (χ3v) is 1.59. The highest BCUT2D eigenvalue weighted by Gasteiger charge is 1.99. The smallest absolute Gasteiger partial charge is 0.118 e. The maximum atomic E-state index is 12.8. The Morgan fingerprint density at radius 2 is 2.10 bits per heavy atom. The SMILES string of the molecule is CCCC(F)/C=C(/C)CC. The largest absolute Gasteiger partial charge is 0.243 e. The van der Waals surface area contributed by atoms with E-state index in [0.29, 0.717) is 6.42 Å². The first-order chi connectivity index (χ1) is 4.70. The van der Waals surface area contributed by atoms with Gasteiger partial charge in [0.2, 0.25) is 0 Å². The molecule has 0 aliphatic carbocycles. The Labute approximate surface area is 63.1 Å². The fraction of sp³-hybridized carbons (Fsp3) is 0.778. The van der Waals surface area contributed by atoms with E-state index < -0.39 is 6.17 Å². The van der Waals surface area contributed by atoms with Gasteiger partial charge >= 0.3 is 0 Å². The standard InChI is InChI=1S/C9H17F/c1-4-6-9(10)7-8(3)5-2/h7,9H,4-6H2,1-3H3/b8-7-. The zero-order valence-corrected chi connectivity index (χ0v) is 7.15. The van der Waals surface area contributed by atoms with Crippen molar-refractivity contribution in [2.45, 2.75) is 46.2 Å². The van der Waals surface area contributed by atoms with Crippen LogP contribution >= 0.6 is 0 Å². The van der Waals surface area contributed by atoms with Crippen LogP contribution < -0.4 is 0 Å². The molecule has 0 N–H and O–H groups in total. The molecular weight excluding hydrogens is 127 g/mol. The summed E-state index contributed by atoms with van der Waals surface area (Å²) in [6.07, 6.45) is 3.56. The summed E-state index contributed by atoms with van der Waals surface area (Å²) >= 11 is 0. The number of hydrogen-bond acceptors (Lipinski definition) is 0. The Balaban J connectivity index is 3.62. The maximum Gasteiger partial charge on any atom is 0.118 e. The molecule has 1 atom stereocenters. The first kappa shape index (κ1) is 9.67. The highest BCUT2D eigenvalue weighted by Crippen LogP contribution is 2.08. The molecule has 1 unspecified atom stereocenters. The highest BCUT2D eigenvalue weighted by atomic mass is 19.1. The first-order valence-electron chi connectivity index (χ1n) is 4.02. The van der Waals surface area contributed by atoms with Crippen molar-refractivity contribution in [3.63, 3.8) is 0 Å². The lowest BCUT2D eigenvalue weighted by Crippen LogP contribution is -1.94. The van der Waals surface area contributed by atoms with Gasteiger partial charge in [0.05, 0.1) is 0 Å². The Kier molecular flexibility index (Phi) is 5.27. The van der Waals surface area contributed by atoms with Crippen LogP contribution in [0.25, 0.3) is 0 Å². The van der Waals surface area contributed by atoms with E-state index >= 15 is 0 Å². The van der Waals surface area contributed by atoms with E-state index in [9.17, 15) is 4.39 Å². The van der Waals surface area contributed by atoms with Crippen LogP contribution in [0.2, 0.25) is 0 Å². The van der Waals surface area contributed by atoms with E-state index in [-0.39, 0.29) is 0 Å². The fourth-order valence-electron chi connectivity index (χ4n) is 0.786. The molecule has 0 amide bonds. The van der Waals surface area contributed by atoms with Crippen molar-refractivity contribution in [1.82, 2.24) is 0 Å². The molecule has 0 saturated carbocycles. The van der Waals surface area contributed by atoms with Gasteiger partial charge in [-0.05, 0) is 19.8 Å². The van der Waals surface area contributed by atoms with Gasteiger partial charge in [-0.15, -0.1) is 0 Å². The van der Waals surface area contributed by atoms with Crippen molar-refractivity contribution in [2.24, 2.45) is 0 Å². The van der Waals surface area contributed by atoms with E-state index in [1.54, 1.807) is 6.08 Å². The molecule has 0 heterocycles. The second-order valence-corrected chi connectivity index (χ2v) is 2.67. The van der Waals surface area contributed by atoms with E-state index in [4.69, 9.17) is 0 Å². The van der Waals surface area contributed by atoms with E-state index in [1.807, 2.05) is 20.8 Å². The molecule has 0 nitrogen and oxygen atoms in total. The molecule has 1 heteroatoms. The van der Waals surface area contributed by atoms with Crippen LogP contribution in [0.5, 0.6) is 0 Å². The number of rotatable bonds is 4. The van der Waals surface area contributed by atoms with E-state index in [0.717, 1.165) is 18.4 Å². The highest BCUT2D eigenvalue weighted by molar-refractivity contribution is 5.00. The number of allylic oxidation sites excluding steroid dienone is 2. The average Bonchev–Trinajstić information content (AvgIpc) is 1.88. The number of hydrogen-bond donors (Lipinski definition) is 0. The summed E-state index contributed by atoms with van der Waals surface area (Å²) < 4.78 is 12.8. The summed E-state index contributed by atoms with van der Waals surface area (Å²) in [6.45, 7) is 6.02. The molecule has 0 aromatic carbocycles. The van der Waals surface area contributed by atoms with Crippen LogP contribution in [0.3, 0.4) is 0 Å². The monoisotopic (exact) mass is 144 g/mol. The lowest BCUT2D eigenvalue weighted by molar-refractivity contribution is 0.373. The Hall–Kier alpha value is -0.330. The predicted molar refractivity (Wildman–Crippen MR) is 43.9 cm³/mol. The van der Waals surface area contributed by atoms with Crippen molar-refractivity contribution in [3.8, 4) is 0 Å². The molecule has 0 fully saturated rings. The summed E-state index contributed by atoms with van der Waals surface area (Å²) in [5, 5.41) is 0. The summed E-state index contributed by atoms with van der Waals surface area (Å²) in [6, 6.07) is 0. The summed E-state index contributed by atoms with van der Waals surface area (Å²) in [5.74, 6) is 0. The molecule has 0 aromatic rings. The van der Waals surface area contributed by atoms with Crippen molar-refractivity contribution in [3.05, 3.63) is 11.6 Å². The van der Waals surface area contributed by atoms with E-state index in [2.05, 4.69) is 0 Å². The van der Waals surface area contributed by atoms with Gasteiger partial charge in [0, 0.05) is 0 Å². The van der Waals surface area contributed by atoms with Gasteiger partial charge in [0.25, 0.3) is 0 Å². The number of alkyl halides is 1. The molecular formula is C9H17F. The average molecular weight is 144 g/mol. The lowest BCUT2D eigenvalue weighted by atomic mass is 10.1. The van der Waals surface area contributed by atoms with Gasteiger partial charge in [-0.1, -0.05) is 31.9 Å². The van der Waals surface area contributed by atoms with Gasteiger partial charge in [0.15, 0.2) is 0 Å². The number of halogens is 1. The molecule has 0 spiro atoms. The van der Waals surface area contributed by atoms with Crippen LogP contribution in [0, 0.1) is 0 Å². The molecule has 10 heavy (non-hydrogen) atoms. The fourth-order valence-corrected chi connectivity index (χ4v) is 0.786. The van der Waals surface area contributed by atoms with Crippen molar-refractivity contribution >= 4 is 0 Å². The molecule has 0 saturated heterocycles. The van der Waals surface area contributed by atoms with Crippen LogP contribution in [0.1, 0.15) is 40.0 Å². The molecule has 60 valence electrons. The normalized spacial score (nSPS) is 15.4. The van der Waals surface area contributed by atoms with Crippen LogP contribution in [-0.4, -0.2) is 6.17 Å². The third-order valence-electron chi connectivity index (χ3n) is 1.59. The second kappa shape index (κ2) is 5.45. The molecule has 0 aliphatic rings. The minimum atomic E-state index is -0.718. The molecule has 0 aromatic heterocycles. The van der Waals surface area contributed by atoms with Gasteiger partial charge in [-0.2, -0.15) is 0 Å². The van der Waals surface area contributed by atoms with Crippen LogP contribution in [-0.2, 0) is 0 Å². The van der Waals surface area contributed by atoms with E-state index in [1.165, 1.54) is 0 Å². The van der Waals surface area contributed by atoms with Crippen molar-refractivity contribution < 1.29 is 4.39 Å². The zero-order chi connectivity index (χ0) is 7.98. The topological polar surface area (TPSA) is 0 Å². The summed E-state index contributed by atoms with van der Waals surface area (Å²) in [5.41, 5.74) is 1.15. The predicted octanol–water partition coefficient (Wildman–Crippen LogP) is 3.48. The minimum Gasteiger partial charge on any atom is -0.243 e. The van der Waals surface area contributed by atoms with Gasteiger partial charge in [0.1, 0.15) is 6.17 Å².